The predicted octanol–water partition coefficient (Wildman–Crippen LogP) is 2.64. The molecule has 0 atom stereocenters. The first-order chi connectivity index (χ1) is 9.24. The van der Waals surface area contributed by atoms with Gasteiger partial charge in [-0.2, -0.15) is 0 Å². The van der Waals surface area contributed by atoms with Crippen molar-refractivity contribution in [3.05, 3.63) is 46.3 Å². The Morgan fingerprint density at radius 1 is 1.47 bits per heavy atom. The lowest BCUT2D eigenvalue weighted by Gasteiger charge is -2.08. The third-order valence-corrected chi connectivity index (χ3v) is 3.44. The molecule has 0 unspecified atom stereocenters. The SMILES string of the molecule is O=C(NCc1cocn1)c1cc(Br)cnc1C1CC1. The van der Waals surface area contributed by atoms with E-state index in [1.165, 1.54) is 12.7 Å². The van der Waals surface area contributed by atoms with Gasteiger partial charge in [-0.25, -0.2) is 4.98 Å². The van der Waals surface area contributed by atoms with E-state index in [0.29, 0.717) is 23.7 Å². The maximum absolute atomic E-state index is 12.2. The Kier molecular flexibility index (Phi) is 3.33. The van der Waals surface area contributed by atoms with Crippen LogP contribution in [-0.2, 0) is 6.54 Å². The van der Waals surface area contributed by atoms with Crippen molar-refractivity contribution < 1.29 is 9.21 Å². The standard InChI is InChI=1S/C13H12BrN3O2/c14-9-3-11(12(15-4-9)8-1-2-8)13(18)16-5-10-6-19-7-17-10/h3-4,6-8H,1-2,5H2,(H,16,18). The molecule has 1 amide bonds. The van der Waals surface area contributed by atoms with Crippen LogP contribution in [0, 0.1) is 0 Å². The van der Waals surface area contributed by atoms with E-state index >= 15 is 0 Å². The highest BCUT2D eigenvalue weighted by molar-refractivity contribution is 9.10. The summed E-state index contributed by atoms with van der Waals surface area (Å²) in [5, 5.41) is 2.83. The molecule has 0 aromatic carbocycles. The minimum absolute atomic E-state index is 0.126. The van der Waals surface area contributed by atoms with Crippen LogP contribution in [0.2, 0.25) is 0 Å². The Morgan fingerprint density at radius 3 is 3.00 bits per heavy atom. The van der Waals surface area contributed by atoms with Crippen molar-refractivity contribution in [3.63, 3.8) is 0 Å². The molecule has 2 aromatic heterocycles. The van der Waals surface area contributed by atoms with Crippen molar-refractivity contribution in [2.75, 3.05) is 0 Å². The van der Waals surface area contributed by atoms with Crippen LogP contribution >= 0.6 is 15.9 Å². The van der Waals surface area contributed by atoms with Crippen LogP contribution in [0.25, 0.3) is 0 Å². The van der Waals surface area contributed by atoms with Crippen molar-refractivity contribution in [1.29, 1.82) is 0 Å². The minimum Gasteiger partial charge on any atom is -0.451 e. The molecule has 98 valence electrons. The molecule has 1 N–H and O–H groups in total. The molecule has 1 aliphatic carbocycles. The van der Waals surface area contributed by atoms with Crippen LogP contribution in [0.4, 0.5) is 0 Å². The fourth-order valence-corrected chi connectivity index (χ4v) is 2.24. The van der Waals surface area contributed by atoms with E-state index in [1.807, 2.05) is 6.07 Å². The molecule has 0 bridgehead atoms. The van der Waals surface area contributed by atoms with Crippen LogP contribution in [0.1, 0.15) is 40.5 Å². The van der Waals surface area contributed by atoms with Gasteiger partial charge in [-0.15, -0.1) is 0 Å². The predicted molar refractivity (Wildman–Crippen MR) is 71.6 cm³/mol. The summed E-state index contributed by atoms with van der Waals surface area (Å²) in [6.07, 6.45) is 6.82. The summed E-state index contributed by atoms with van der Waals surface area (Å²) >= 11 is 3.35. The highest BCUT2D eigenvalue weighted by Gasteiger charge is 2.29. The highest BCUT2D eigenvalue weighted by Crippen LogP contribution is 2.40. The molecular formula is C13H12BrN3O2. The van der Waals surface area contributed by atoms with E-state index in [4.69, 9.17) is 4.42 Å². The zero-order valence-corrected chi connectivity index (χ0v) is 11.7. The first-order valence-electron chi connectivity index (χ1n) is 6.05. The van der Waals surface area contributed by atoms with Crippen LogP contribution in [-0.4, -0.2) is 15.9 Å². The molecule has 3 rings (SSSR count). The number of amides is 1. The number of carbonyl (C=O) groups excluding carboxylic acids is 1. The smallest absolute Gasteiger partial charge is 0.253 e. The summed E-state index contributed by atoms with van der Waals surface area (Å²) in [5.41, 5.74) is 2.23. The van der Waals surface area contributed by atoms with Crippen LogP contribution in [0.3, 0.4) is 0 Å². The van der Waals surface area contributed by atoms with Gasteiger partial charge in [-0.05, 0) is 34.8 Å². The van der Waals surface area contributed by atoms with Crippen molar-refractivity contribution in [3.8, 4) is 0 Å². The number of carbonyl (C=O) groups is 1. The van der Waals surface area contributed by atoms with Crippen LogP contribution in [0.15, 0.2) is 33.8 Å². The molecular weight excluding hydrogens is 310 g/mol. The molecule has 1 aliphatic rings. The largest absolute Gasteiger partial charge is 0.451 e. The molecule has 6 heteroatoms. The van der Waals surface area contributed by atoms with E-state index in [9.17, 15) is 4.79 Å². The van der Waals surface area contributed by atoms with E-state index < -0.39 is 0 Å². The lowest BCUT2D eigenvalue weighted by Crippen LogP contribution is -2.24. The summed E-state index contributed by atoms with van der Waals surface area (Å²) in [6, 6.07) is 1.82. The van der Waals surface area contributed by atoms with E-state index in [1.54, 1.807) is 6.20 Å². The molecule has 5 nitrogen and oxygen atoms in total. The van der Waals surface area contributed by atoms with E-state index in [-0.39, 0.29) is 5.91 Å². The summed E-state index contributed by atoms with van der Waals surface area (Å²) in [7, 11) is 0. The van der Waals surface area contributed by atoms with Gasteiger partial charge in [-0.1, -0.05) is 0 Å². The third-order valence-electron chi connectivity index (χ3n) is 3.01. The zero-order valence-electron chi connectivity index (χ0n) is 10.1. The van der Waals surface area contributed by atoms with Gasteiger partial charge >= 0.3 is 0 Å². The van der Waals surface area contributed by atoms with Gasteiger partial charge in [0.25, 0.3) is 5.91 Å². The van der Waals surface area contributed by atoms with Gasteiger partial charge in [0.05, 0.1) is 23.5 Å². The quantitative estimate of drug-likeness (QED) is 0.940. The van der Waals surface area contributed by atoms with Gasteiger partial charge in [0.2, 0.25) is 0 Å². The fraction of sp³-hybridized carbons (Fsp3) is 0.308. The molecule has 0 spiro atoms. The Bertz CT molecular complexity index is 594. The second-order valence-corrected chi connectivity index (χ2v) is 5.44. The van der Waals surface area contributed by atoms with Gasteiger partial charge in [-0.3, -0.25) is 9.78 Å². The highest BCUT2D eigenvalue weighted by atomic mass is 79.9. The molecule has 1 fully saturated rings. The topological polar surface area (TPSA) is 68.0 Å². The molecule has 1 saturated carbocycles. The van der Waals surface area contributed by atoms with Gasteiger partial charge in [0.15, 0.2) is 6.39 Å². The first kappa shape index (κ1) is 12.3. The van der Waals surface area contributed by atoms with Crippen molar-refractivity contribution in [2.45, 2.75) is 25.3 Å². The number of hydrogen-bond acceptors (Lipinski definition) is 4. The summed E-state index contributed by atoms with van der Waals surface area (Å²) in [4.78, 5) is 20.5. The lowest BCUT2D eigenvalue weighted by atomic mass is 10.1. The van der Waals surface area contributed by atoms with Crippen LogP contribution in [0.5, 0.6) is 0 Å². The molecule has 2 aromatic rings. The summed E-state index contributed by atoms with van der Waals surface area (Å²) in [5.74, 6) is 0.305. The molecule has 19 heavy (non-hydrogen) atoms. The average molecular weight is 322 g/mol. The van der Waals surface area contributed by atoms with Crippen LogP contribution < -0.4 is 5.32 Å². The van der Waals surface area contributed by atoms with Gasteiger partial charge in [0, 0.05) is 16.6 Å². The number of nitrogens with zero attached hydrogens (tertiary/aromatic N) is 2. The first-order valence-corrected chi connectivity index (χ1v) is 6.84. The Hall–Kier alpha value is -1.69. The van der Waals surface area contributed by atoms with Crippen molar-refractivity contribution in [1.82, 2.24) is 15.3 Å². The number of halogens is 1. The number of pyridine rings is 1. The Balaban J connectivity index is 1.76. The molecule has 0 aliphatic heterocycles. The fourth-order valence-electron chi connectivity index (χ4n) is 1.90. The van der Waals surface area contributed by atoms with Crippen molar-refractivity contribution >= 4 is 21.8 Å². The Morgan fingerprint density at radius 2 is 2.32 bits per heavy atom. The van der Waals surface area contributed by atoms with Gasteiger partial charge < -0.3 is 9.73 Å². The average Bonchev–Trinajstić information content (AvgIpc) is 3.12. The second kappa shape index (κ2) is 5.13. The normalized spacial score (nSPS) is 14.4. The maximum atomic E-state index is 12.2. The summed E-state index contributed by atoms with van der Waals surface area (Å²) in [6.45, 7) is 0.353. The number of oxazole rings is 1. The minimum atomic E-state index is -0.126. The number of hydrogen-bond donors (Lipinski definition) is 1. The maximum Gasteiger partial charge on any atom is 0.253 e. The van der Waals surface area contributed by atoms with Gasteiger partial charge in [0.1, 0.15) is 6.26 Å². The molecule has 0 radical (unpaired) electrons. The molecule has 0 saturated heterocycles. The lowest BCUT2D eigenvalue weighted by molar-refractivity contribution is 0.0949. The van der Waals surface area contributed by atoms with E-state index in [2.05, 4.69) is 31.2 Å². The zero-order chi connectivity index (χ0) is 13.2. The second-order valence-electron chi connectivity index (χ2n) is 4.52. The number of rotatable bonds is 4. The Labute approximate surface area is 118 Å². The molecule has 2 heterocycles. The monoisotopic (exact) mass is 321 g/mol. The number of aromatic nitrogens is 2. The van der Waals surface area contributed by atoms with Crippen molar-refractivity contribution in [2.24, 2.45) is 0 Å². The third kappa shape index (κ3) is 2.84. The summed E-state index contributed by atoms with van der Waals surface area (Å²) < 4.78 is 5.67. The number of nitrogens with one attached hydrogen (secondary N) is 1. The van der Waals surface area contributed by atoms with E-state index in [0.717, 1.165) is 23.0 Å².